The molecule has 1 aliphatic carbocycles. The van der Waals surface area contributed by atoms with E-state index in [2.05, 4.69) is 267 Å². The zero-order chi connectivity index (χ0) is 50.1. The third kappa shape index (κ3) is 7.14. The van der Waals surface area contributed by atoms with Gasteiger partial charge in [-0.2, -0.15) is 0 Å². The first-order valence-corrected chi connectivity index (χ1v) is 26.7. The van der Waals surface area contributed by atoms with Crippen LogP contribution in [-0.2, 0) is 21.7 Å². The highest BCUT2D eigenvalue weighted by Gasteiger charge is 2.58. The fourth-order valence-corrected chi connectivity index (χ4v) is 13.2. The van der Waals surface area contributed by atoms with E-state index < -0.39 is 0 Å². The minimum absolute atomic E-state index is 0.0228. The Bertz CT molecular complexity index is 3410. The largest absolute Gasteiger partial charge is 0.334 e. The fraction of sp³-hybridized carbons (Fsp3) is 0.294. The molecule has 0 bridgehead atoms. The lowest BCUT2D eigenvalue weighted by Gasteiger charge is -2.50. The summed E-state index contributed by atoms with van der Waals surface area (Å²) >= 11 is 0. The van der Waals surface area contributed by atoms with Crippen LogP contribution < -0.4 is 31.1 Å². The van der Waals surface area contributed by atoms with Crippen LogP contribution in [-0.4, -0.2) is 12.3 Å². The third-order valence-electron chi connectivity index (χ3n) is 17.5. The van der Waals surface area contributed by atoms with Crippen molar-refractivity contribution in [1.82, 2.24) is 0 Å². The fourth-order valence-electron chi connectivity index (χ4n) is 13.2. The summed E-state index contributed by atoms with van der Waals surface area (Å²) in [6.07, 6.45) is 4.87. The van der Waals surface area contributed by atoms with Crippen LogP contribution in [0.25, 0.3) is 22.3 Å². The summed E-state index contributed by atoms with van der Waals surface area (Å²) in [5.41, 5.74) is 24.1. The standard InChI is InChI=1S/C68H70BN3/c1-64(2,3)48-29-32-51(33-30-48)70-60-44-52(72-58-27-19-18-26-54(58)67(10)38-20-21-39-68(67,72)11)34-36-56(60)69-55-35-28-47(45-22-14-12-15-23-45)40-59(55)71(62-43-50(66(7,8)9)42-61(70)63(62)69)57-37-31-49(65(4,5)6)41-53(57)46-24-16-13-17-25-46/h12-19,22-37,40-44H,20-21,38-39H2,1-11H3. The summed E-state index contributed by atoms with van der Waals surface area (Å²) in [6.45, 7) is 26.2. The molecular weight excluding hydrogens is 870 g/mol. The van der Waals surface area contributed by atoms with E-state index in [-0.39, 0.29) is 33.9 Å². The van der Waals surface area contributed by atoms with Gasteiger partial charge in [0.25, 0.3) is 6.71 Å². The predicted octanol–water partition coefficient (Wildman–Crippen LogP) is 16.7. The second kappa shape index (κ2) is 16.4. The number of nitrogens with zero attached hydrogens (tertiary/aromatic N) is 3. The smallest absolute Gasteiger partial charge is 0.252 e. The van der Waals surface area contributed by atoms with Crippen molar-refractivity contribution in [3.63, 3.8) is 0 Å². The van der Waals surface area contributed by atoms with Crippen LogP contribution in [0.3, 0.4) is 0 Å². The molecule has 1 fully saturated rings. The van der Waals surface area contributed by atoms with Crippen molar-refractivity contribution in [3.05, 3.63) is 198 Å². The maximum Gasteiger partial charge on any atom is 0.252 e. The van der Waals surface area contributed by atoms with E-state index in [9.17, 15) is 0 Å². The van der Waals surface area contributed by atoms with Crippen LogP contribution in [0.4, 0.5) is 45.5 Å². The van der Waals surface area contributed by atoms with Gasteiger partial charge in [-0.15, -0.1) is 0 Å². The van der Waals surface area contributed by atoms with Crippen LogP contribution in [0.1, 0.15) is 124 Å². The maximum absolute atomic E-state index is 2.75. The highest BCUT2D eigenvalue weighted by Crippen LogP contribution is 2.61. The number of hydrogen-bond acceptors (Lipinski definition) is 3. The Morgan fingerprint density at radius 2 is 0.958 bits per heavy atom. The summed E-state index contributed by atoms with van der Waals surface area (Å²) in [6, 6.07) is 68.1. The molecule has 0 radical (unpaired) electrons. The zero-order valence-electron chi connectivity index (χ0n) is 44.5. The molecule has 0 aromatic heterocycles. The van der Waals surface area contributed by atoms with E-state index in [1.165, 1.54) is 126 Å². The van der Waals surface area contributed by atoms with Gasteiger partial charge in [-0.1, -0.05) is 197 Å². The highest BCUT2D eigenvalue weighted by molar-refractivity contribution is 7.00. The molecule has 3 heterocycles. The molecule has 72 heavy (non-hydrogen) atoms. The van der Waals surface area contributed by atoms with Gasteiger partial charge in [0, 0.05) is 50.8 Å². The first-order valence-electron chi connectivity index (χ1n) is 26.7. The molecule has 4 heteroatoms. The monoisotopic (exact) mass is 940 g/mol. The summed E-state index contributed by atoms with van der Waals surface area (Å²) in [7, 11) is 0. The Morgan fingerprint density at radius 1 is 0.403 bits per heavy atom. The van der Waals surface area contributed by atoms with Crippen molar-refractivity contribution in [2.75, 3.05) is 14.7 Å². The molecule has 8 aromatic carbocycles. The van der Waals surface area contributed by atoms with E-state index >= 15 is 0 Å². The maximum atomic E-state index is 2.75. The molecule has 360 valence electrons. The molecule has 12 rings (SSSR count). The number of benzene rings is 8. The lowest BCUT2D eigenvalue weighted by Crippen LogP contribution is -2.61. The molecule has 4 aliphatic rings. The molecule has 3 aliphatic heterocycles. The number of rotatable bonds is 5. The Labute approximate surface area is 430 Å². The zero-order valence-corrected chi connectivity index (χ0v) is 44.5. The molecule has 3 nitrogen and oxygen atoms in total. The van der Waals surface area contributed by atoms with E-state index in [1.54, 1.807) is 0 Å². The summed E-state index contributed by atoms with van der Waals surface area (Å²) in [5.74, 6) is 0. The van der Waals surface area contributed by atoms with Gasteiger partial charge in [-0.3, -0.25) is 0 Å². The van der Waals surface area contributed by atoms with E-state index in [0.717, 1.165) is 6.42 Å². The Morgan fingerprint density at radius 3 is 1.62 bits per heavy atom. The van der Waals surface area contributed by atoms with Gasteiger partial charge in [-0.25, -0.2) is 0 Å². The molecule has 2 unspecified atom stereocenters. The summed E-state index contributed by atoms with van der Waals surface area (Å²) in [5, 5.41) is 0. The van der Waals surface area contributed by atoms with Gasteiger partial charge in [0.15, 0.2) is 0 Å². The lowest BCUT2D eigenvalue weighted by atomic mass is 9.33. The number of hydrogen-bond donors (Lipinski definition) is 0. The second-order valence-corrected chi connectivity index (χ2v) is 25.0. The Balaban J connectivity index is 1.18. The predicted molar refractivity (Wildman–Crippen MR) is 310 cm³/mol. The SMILES string of the molecule is CC(C)(C)c1ccc(N2c3cc(N4c5ccccc5C5(C)CCCCC45C)ccc3B3c4ccc(-c5ccccc5)cc4N(c4ccc(C(C)(C)C)cc4-c4ccccc4)c4cc(C(C)(C)C)cc2c43)cc1. The quantitative estimate of drug-likeness (QED) is 0.159. The van der Waals surface area contributed by atoms with Crippen molar-refractivity contribution < 1.29 is 0 Å². The molecule has 2 atom stereocenters. The van der Waals surface area contributed by atoms with Crippen molar-refractivity contribution >= 4 is 68.6 Å². The number of fused-ring (bicyclic) bond motifs is 7. The topological polar surface area (TPSA) is 9.72 Å². The molecule has 0 saturated heterocycles. The van der Waals surface area contributed by atoms with Crippen LogP contribution in [0.5, 0.6) is 0 Å². The van der Waals surface area contributed by atoms with Crippen molar-refractivity contribution in [3.8, 4) is 22.3 Å². The minimum atomic E-state index is -0.152. The molecule has 8 aromatic rings. The lowest BCUT2D eigenvalue weighted by molar-refractivity contribution is 0.195. The van der Waals surface area contributed by atoms with Gasteiger partial charge in [-0.05, 0) is 152 Å². The third-order valence-corrected chi connectivity index (χ3v) is 17.5. The molecule has 0 amide bonds. The van der Waals surface area contributed by atoms with Crippen LogP contribution >= 0.6 is 0 Å². The first kappa shape index (κ1) is 46.3. The van der Waals surface area contributed by atoms with Crippen LogP contribution in [0.2, 0.25) is 0 Å². The average Bonchev–Trinajstić information content (AvgIpc) is 3.58. The van der Waals surface area contributed by atoms with E-state index in [4.69, 9.17) is 0 Å². The molecule has 0 N–H and O–H groups in total. The van der Waals surface area contributed by atoms with Gasteiger partial charge in [0.05, 0.1) is 11.2 Å². The minimum Gasteiger partial charge on any atom is -0.334 e. The van der Waals surface area contributed by atoms with Gasteiger partial charge in [0.1, 0.15) is 0 Å². The Kier molecular flexibility index (Phi) is 10.5. The van der Waals surface area contributed by atoms with Crippen molar-refractivity contribution in [2.45, 2.75) is 129 Å². The van der Waals surface area contributed by atoms with Crippen molar-refractivity contribution in [1.29, 1.82) is 0 Å². The van der Waals surface area contributed by atoms with Gasteiger partial charge < -0.3 is 14.7 Å². The molecular formula is C68H70BN3. The van der Waals surface area contributed by atoms with Gasteiger partial charge >= 0.3 is 0 Å². The second-order valence-electron chi connectivity index (χ2n) is 25.0. The van der Waals surface area contributed by atoms with Crippen LogP contribution in [0.15, 0.2) is 176 Å². The molecule has 0 spiro atoms. The first-order chi connectivity index (χ1) is 34.3. The number of anilines is 8. The van der Waals surface area contributed by atoms with Crippen LogP contribution in [0, 0.1) is 0 Å². The van der Waals surface area contributed by atoms with E-state index in [0.29, 0.717) is 0 Å². The molecule has 1 saturated carbocycles. The average molecular weight is 940 g/mol. The summed E-state index contributed by atoms with van der Waals surface area (Å²) in [4.78, 5) is 8.04. The van der Waals surface area contributed by atoms with Gasteiger partial charge in [0.2, 0.25) is 0 Å². The number of para-hydroxylation sites is 1. The summed E-state index contributed by atoms with van der Waals surface area (Å²) < 4.78 is 0. The highest BCUT2D eigenvalue weighted by atomic mass is 15.3. The van der Waals surface area contributed by atoms with Crippen molar-refractivity contribution in [2.24, 2.45) is 0 Å². The van der Waals surface area contributed by atoms with E-state index in [1.807, 2.05) is 0 Å². The normalized spacial score (nSPS) is 19.1. The Hall–Kier alpha value is -6.78.